The van der Waals surface area contributed by atoms with Crippen molar-refractivity contribution in [2.24, 2.45) is 0 Å². The van der Waals surface area contributed by atoms with Crippen LogP contribution in [0.1, 0.15) is 10.4 Å². The third kappa shape index (κ3) is 2.29. The largest absolute Gasteiger partial charge is 0.465 e. The smallest absolute Gasteiger partial charge is 0.343 e. The summed E-state index contributed by atoms with van der Waals surface area (Å²) in [7, 11) is 1.26. The molecular formula is C7H6Cl2N2O2S. The molecule has 0 aliphatic carbocycles. The van der Waals surface area contributed by atoms with Gasteiger partial charge >= 0.3 is 5.97 Å². The summed E-state index contributed by atoms with van der Waals surface area (Å²) in [6.07, 6.45) is 1.75. The molecule has 1 heterocycles. The molecule has 0 amide bonds. The zero-order chi connectivity index (χ0) is 10.7. The fourth-order valence-corrected chi connectivity index (χ4v) is 1.94. The number of thioether (sulfide) groups is 1. The summed E-state index contributed by atoms with van der Waals surface area (Å²) in [4.78, 5) is 18.8. The monoisotopic (exact) mass is 252 g/mol. The summed E-state index contributed by atoms with van der Waals surface area (Å²) in [6, 6.07) is 0. The van der Waals surface area contributed by atoms with E-state index in [1.165, 1.54) is 18.9 Å². The van der Waals surface area contributed by atoms with E-state index in [-0.39, 0.29) is 16.0 Å². The van der Waals surface area contributed by atoms with Crippen molar-refractivity contribution in [3.8, 4) is 0 Å². The van der Waals surface area contributed by atoms with Crippen LogP contribution in [0.25, 0.3) is 0 Å². The van der Waals surface area contributed by atoms with E-state index in [1.807, 2.05) is 0 Å². The Hall–Kier alpha value is -0.520. The van der Waals surface area contributed by atoms with Gasteiger partial charge in [-0.25, -0.2) is 14.8 Å². The van der Waals surface area contributed by atoms with Gasteiger partial charge in [0.15, 0.2) is 0 Å². The number of carbonyl (C=O) groups is 1. The van der Waals surface area contributed by atoms with Crippen LogP contribution in [0.5, 0.6) is 0 Å². The SMILES string of the molecule is COC(=O)c1c(Cl)nc(Cl)nc1SC. The number of hydrogen-bond donors (Lipinski definition) is 0. The number of hydrogen-bond acceptors (Lipinski definition) is 5. The first-order chi connectivity index (χ1) is 6.60. The molecule has 0 saturated heterocycles. The van der Waals surface area contributed by atoms with Crippen molar-refractivity contribution in [2.75, 3.05) is 13.4 Å². The van der Waals surface area contributed by atoms with Crippen molar-refractivity contribution >= 4 is 40.9 Å². The second-order valence-corrected chi connectivity index (χ2v) is 3.65. The van der Waals surface area contributed by atoms with Crippen LogP contribution in [0, 0.1) is 0 Å². The lowest BCUT2D eigenvalue weighted by Gasteiger charge is -2.05. The first-order valence-electron chi connectivity index (χ1n) is 3.45. The van der Waals surface area contributed by atoms with Crippen molar-refractivity contribution in [2.45, 2.75) is 5.03 Å². The molecular weight excluding hydrogens is 247 g/mol. The number of halogens is 2. The minimum Gasteiger partial charge on any atom is -0.465 e. The first kappa shape index (κ1) is 11.6. The Labute approximate surface area is 95.0 Å². The molecule has 1 aromatic heterocycles. The molecule has 1 rings (SSSR count). The Morgan fingerprint density at radius 1 is 1.43 bits per heavy atom. The molecule has 14 heavy (non-hydrogen) atoms. The molecule has 0 aromatic carbocycles. The van der Waals surface area contributed by atoms with Crippen molar-refractivity contribution < 1.29 is 9.53 Å². The van der Waals surface area contributed by atoms with Crippen LogP contribution in [-0.4, -0.2) is 29.3 Å². The van der Waals surface area contributed by atoms with E-state index in [2.05, 4.69) is 14.7 Å². The Balaban J connectivity index is 3.32. The van der Waals surface area contributed by atoms with Gasteiger partial charge in [-0.15, -0.1) is 11.8 Å². The van der Waals surface area contributed by atoms with E-state index < -0.39 is 5.97 Å². The molecule has 0 bridgehead atoms. The lowest BCUT2D eigenvalue weighted by molar-refractivity contribution is 0.0595. The van der Waals surface area contributed by atoms with E-state index in [4.69, 9.17) is 23.2 Å². The van der Waals surface area contributed by atoms with Crippen molar-refractivity contribution in [3.63, 3.8) is 0 Å². The average molecular weight is 253 g/mol. The topological polar surface area (TPSA) is 52.1 Å². The van der Waals surface area contributed by atoms with Gasteiger partial charge in [0.2, 0.25) is 5.28 Å². The maximum absolute atomic E-state index is 11.3. The molecule has 7 heteroatoms. The van der Waals surface area contributed by atoms with Gasteiger partial charge < -0.3 is 4.74 Å². The van der Waals surface area contributed by atoms with Gasteiger partial charge in [-0.1, -0.05) is 11.6 Å². The molecule has 0 radical (unpaired) electrons. The van der Waals surface area contributed by atoms with Crippen LogP contribution >= 0.6 is 35.0 Å². The van der Waals surface area contributed by atoms with E-state index in [0.717, 1.165) is 0 Å². The Morgan fingerprint density at radius 2 is 2.07 bits per heavy atom. The number of carbonyl (C=O) groups excluding carboxylic acids is 1. The number of methoxy groups -OCH3 is 1. The molecule has 4 nitrogen and oxygen atoms in total. The Bertz CT molecular complexity index is 373. The van der Waals surface area contributed by atoms with Gasteiger partial charge in [0, 0.05) is 0 Å². The zero-order valence-electron chi connectivity index (χ0n) is 7.38. The Kier molecular flexibility index (Phi) is 3.97. The van der Waals surface area contributed by atoms with Gasteiger partial charge in [0.25, 0.3) is 0 Å². The van der Waals surface area contributed by atoms with Gasteiger partial charge in [-0.3, -0.25) is 0 Å². The first-order valence-corrected chi connectivity index (χ1v) is 5.43. The van der Waals surface area contributed by atoms with Crippen LogP contribution in [0.2, 0.25) is 10.4 Å². The van der Waals surface area contributed by atoms with Crippen LogP contribution in [0.4, 0.5) is 0 Å². The number of nitrogens with zero attached hydrogens (tertiary/aromatic N) is 2. The number of esters is 1. The van der Waals surface area contributed by atoms with Crippen LogP contribution in [0.3, 0.4) is 0 Å². The highest BCUT2D eigenvalue weighted by Gasteiger charge is 2.19. The minimum atomic E-state index is -0.573. The molecule has 1 aromatic rings. The quantitative estimate of drug-likeness (QED) is 0.350. The molecule has 0 saturated carbocycles. The molecule has 0 spiro atoms. The van der Waals surface area contributed by atoms with Crippen LogP contribution in [-0.2, 0) is 4.74 Å². The fraction of sp³-hybridized carbons (Fsp3) is 0.286. The summed E-state index contributed by atoms with van der Waals surface area (Å²) in [5, 5.41) is 0.412. The lowest BCUT2D eigenvalue weighted by atomic mass is 10.3. The average Bonchev–Trinajstić information content (AvgIpc) is 2.15. The summed E-state index contributed by atoms with van der Waals surface area (Å²) >= 11 is 12.6. The normalized spacial score (nSPS) is 10.0. The standard InChI is InChI=1S/C7H6Cl2N2O2S/c1-13-6(12)3-4(8)10-7(9)11-5(3)14-2/h1-2H3. The molecule has 0 unspecified atom stereocenters. The minimum absolute atomic E-state index is 0.00111. The van der Waals surface area contributed by atoms with Crippen molar-refractivity contribution in [1.29, 1.82) is 0 Å². The van der Waals surface area contributed by atoms with Crippen molar-refractivity contribution in [3.05, 3.63) is 16.0 Å². The fourth-order valence-electron chi connectivity index (χ4n) is 0.811. The Morgan fingerprint density at radius 3 is 2.57 bits per heavy atom. The number of ether oxygens (including phenoxy) is 1. The van der Waals surface area contributed by atoms with Crippen LogP contribution < -0.4 is 0 Å². The lowest BCUT2D eigenvalue weighted by Crippen LogP contribution is -2.07. The molecule has 76 valence electrons. The highest BCUT2D eigenvalue weighted by atomic mass is 35.5. The highest BCUT2D eigenvalue weighted by Crippen LogP contribution is 2.25. The summed E-state index contributed by atoms with van der Waals surface area (Å²) in [5.74, 6) is -0.573. The predicted molar refractivity (Wildman–Crippen MR) is 55.2 cm³/mol. The summed E-state index contributed by atoms with van der Waals surface area (Å²) < 4.78 is 4.54. The third-order valence-corrected chi connectivity index (χ3v) is 2.51. The molecule has 0 N–H and O–H groups in total. The summed E-state index contributed by atoms with van der Waals surface area (Å²) in [6.45, 7) is 0. The number of rotatable bonds is 2. The third-order valence-electron chi connectivity index (χ3n) is 1.39. The van der Waals surface area contributed by atoms with Crippen LogP contribution in [0.15, 0.2) is 5.03 Å². The maximum atomic E-state index is 11.3. The second-order valence-electron chi connectivity index (χ2n) is 2.16. The van der Waals surface area contributed by atoms with E-state index in [1.54, 1.807) is 6.26 Å². The zero-order valence-corrected chi connectivity index (χ0v) is 9.70. The summed E-state index contributed by atoms with van der Waals surface area (Å²) in [5.41, 5.74) is 0.145. The molecule has 0 aliphatic rings. The highest BCUT2D eigenvalue weighted by molar-refractivity contribution is 7.98. The van der Waals surface area contributed by atoms with Gasteiger partial charge in [-0.05, 0) is 17.9 Å². The van der Waals surface area contributed by atoms with Gasteiger partial charge in [0.1, 0.15) is 15.7 Å². The van der Waals surface area contributed by atoms with E-state index in [9.17, 15) is 4.79 Å². The van der Waals surface area contributed by atoms with Crippen molar-refractivity contribution in [1.82, 2.24) is 9.97 Å². The molecule has 0 atom stereocenters. The molecule has 0 fully saturated rings. The predicted octanol–water partition coefficient (Wildman–Crippen LogP) is 2.29. The second kappa shape index (κ2) is 4.82. The van der Waals surface area contributed by atoms with E-state index >= 15 is 0 Å². The van der Waals surface area contributed by atoms with Gasteiger partial charge in [0.05, 0.1) is 7.11 Å². The van der Waals surface area contributed by atoms with E-state index in [0.29, 0.717) is 5.03 Å². The maximum Gasteiger partial charge on any atom is 0.343 e. The van der Waals surface area contributed by atoms with Gasteiger partial charge in [-0.2, -0.15) is 0 Å². The molecule has 0 aliphatic heterocycles. The number of aromatic nitrogens is 2.